The van der Waals surface area contributed by atoms with Crippen LogP contribution in [0.2, 0.25) is 0 Å². The van der Waals surface area contributed by atoms with E-state index in [1.54, 1.807) is 0 Å². The maximum absolute atomic E-state index is 4.54. The van der Waals surface area contributed by atoms with Crippen LogP contribution >= 0.6 is 11.8 Å². The molecule has 0 amide bonds. The van der Waals surface area contributed by atoms with Crippen LogP contribution in [-0.2, 0) is 13.6 Å². The topological polar surface area (TPSA) is 42.2 Å². The predicted molar refractivity (Wildman–Crippen MR) is 66.5 cm³/mol. The largest absolute Gasteiger partial charge is 0.358 e. The monoisotopic (exact) mass is 236 g/mol. The fraction of sp³-hybridized carbons (Fsp3) is 0.636. The number of aliphatic imine (C=N–C) groups is 1. The molecule has 1 aliphatic heterocycles. The maximum atomic E-state index is 4.54. The molecule has 2 aliphatic rings. The summed E-state index contributed by atoms with van der Waals surface area (Å²) < 4.78 is 2.03. The Morgan fingerprint density at radius 3 is 3.12 bits per heavy atom. The zero-order valence-electron chi connectivity index (χ0n) is 9.39. The molecular weight excluding hydrogens is 220 g/mol. The molecule has 0 spiro atoms. The van der Waals surface area contributed by atoms with Gasteiger partial charge in [0.25, 0.3) is 0 Å². The van der Waals surface area contributed by atoms with Crippen LogP contribution < -0.4 is 5.32 Å². The lowest BCUT2D eigenvalue weighted by atomic mass is 10.3. The third-order valence-electron chi connectivity index (χ3n) is 3.14. The standard InChI is InChI=1S/C11H16N4S/c1-15-5-4-12-10(15)7-14-11-13-6-9(16-11)8-2-3-8/h4-5,8-9H,2-3,6-7H2,1H3,(H,13,14). The van der Waals surface area contributed by atoms with Crippen molar-refractivity contribution >= 4 is 16.9 Å². The van der Waals surface area contributed by atoms with Gasteiger partial charge in [0.05, 0.1) is 13.1 Å². The molecule has 3 rings (SSSR count). The second-order valence-corrected chi connectivity index (χ2v) is 5.68. The molecule has 1 unspecified atom stereocenters. The summed E-state index contributed by atoms with van der Waals surface area (Å²) >= 11 is 1.91. The number of aryl methyl sites for hydroxylation is 1. The first kappa shape index (κ1) is 10.2. The van der Waals surface area contributed by atoms with Crippen molar-refractivity contribution in [3.8, 4) is 0 Å². The lowest BCUT2D eigenvalue weighted by Crippen LogP contribution is -2.21. The third kappa shape index (κ3) is 2.09. The number of aromatic nitrogens is 2. The highest BCUT2D eigenvalue weighted by atomic mass is 32.2. The summed E-state index contributed by atoms with van der Waals surface area (Å²) in [6.45, 7) is 1.77. The van der Waals surface area contributed by atoms with E-state index >= 15 is 0 Å². The minimum atomic E-state index is 0.740. The van der Waals surface area contributed by atoms with Crippen molar-refractivity contribution in [3.05, 3.63) is 18.2 Å². The van der Waals surface area contributed by atoms with E-state index in [-0.39, 0.29) is 0 Å². The summed E-state index contributed by atoms with van der Waals surface area (Å²) in [5, 5.41) is 5.20. The van der Waals surface area contributed by atoms with Crippen LogP contribution in [0.15, 0.2) is 17.4 Å². The van der Waals surface area contributed by atoms with Gasteiger partial charge in [0.2, 0.25) is 0 Å². The Morgan fingerprint density at radius 1 is 1.56 bits per heavy atom. The van der Waals surface area contributed by atoms with Gasteiger partial charge in [-0.25, -0.2) is 4.98 Å². The van der Waals surface area contributed by atoms with Crippen LogP contribution in [0.1, 0.15) is 18.7 Å². The summed E-state index contributed by atoms with van der Waals surface area (Å²) in [7, 11) is 2.01. The van der Waals surface area contributed by atoms with Gasteiger partial charge in [-0.2, -0.15) is 0 Å². The number of hydrogen-bond acceptors (Lipinski definition) is 4. The van der Waals surface area contributed by atoms with Crippen LogP contribution in [0.5, 0.6) is 0 Å². The Hall–Kier alpha value is -0.970. The van der Waals surface area contributed by atoms with E-state index < -0.39 is 0 Å². The van der Waals surface area contributed by atoms with Gasteiger partial charge in [-0.1, -0.05) is 11.8 Å². The third-order valence-corrected chi connectivity index (χ3v) is 4.48. The summed E-state index contributed by atoms with van der Waals surface area (Å²) in [6, 6.07) is 0. The number of nitrogens with one attached hydrogen (secondary N) is 1. The Kier molecular flexibility index (Phi) is 2.63. The van der Waals surface area contributed by atoms with Crippen LogP contribution in [0, 0.1) is 5.92 Å². The first-order chi connectivity index (χ1) is 7.83. The zero-order valence-corrected chi connectivity index (χ0v) is 10.2. The van der Waals surface area contributed by atoms with Gasteiger partial charge in [-0.05, 0) is 18.8 Å². The quantitative estimate of drug-likeness (QED) is 0.862. The lowest BCUT2D eigenvalue weighted by molar-refractivity contribution is 0.750. The maximum Gasteiger partial charge on any atom is 0.157 e. The van der Waals surface area contributed by atoms with Gasteiger partial charge < -0.3 is 9.88 Å². The van der Waals surface area contributed by atoms with Crippen molar-refractivity contribution in [1.82, 2.24) is 14.9 Å². The average Bonchev–Trinajstić information content (AvgIpc) is 2.89. The highest BCUT2D eigenvalue weighted by Crippen LogP contribution is 2.41. The Balaban J connectivity index is 1.51. The number of nitrogens with zero attached hydrogens (tertiary/aromatic N) is 3. The molecule has 1 fully saturated rings. The van der Waals surface area contributed by atoms with Gasteiger partial charge in [0, 0.05) is 24.7 Å². The van der Waals surface area contributed by atoms with Crippen LogP contribution in [0.3, 0.4) is 0 Å². The highest BCUT2D eigenvalue weighted by molar-refractivity contribution is 8.14. The molecule has 5 heteroatoms. The molecule has 86 valence electrons. The second kappa shape index (κ2) is 4.13. The van der Waals surface area contributed by atoms with E-state index in [9.17, 15) is 0 Å². The molecule has 1 aromatic heterocycles. The van der Waals surface area contributed by atoms with Crippen molar-refractivity contribution in [3.63, 3.8) is 0 Å². The molecule has 2 heterocycles. The molecule has 1 atom stereocenters. The van der Waals surface area contributed by atoms with E-state index in [0.717, 1.165) is 35.2 Å². The second-order valence-electron chi connectivity index (χ2n) is 4.45. The highest BCUT2D eigenvalue weighted by Gasteiger charge is 2.35. The van der Waals surface area contributed by atoms with Gasteiger partial charge in [0.15, 0.2) is 5.17 Å². The van der Waals surface area contributed by atoms with E-state index in [1.165, 1.54) is 12.8 Å². The first-order valence-electron chi connectivity index (χ1n) is 5.74. The SMILES string of the molecule is Cn1ccnc1CNC1=NCC(C2CC2)S1. The molecule has 0 saturated heterocycles. The van der Waals surface area contributed by atoms with Crippen molar-refractivity contribution in [2.24, 2.45) is 18.0 Å². The summed E-state index contributed by atoms with van der Waals surface area (Å²) in [4.78, 5) is 8.82. The van der Waals surface area contributed by atoms with E-state index in [2.05, 4.69) is 15.3 Å². The van der Waals surface area contributed by atoms with Crippen molar-refractivity contribution in [2.75, 3.05) is 6.54 Å². The molecule has 0 aromatic carbocycles. The van der Waals surface area contributed by atoms with Gasteiger partial charge >= 0.3 is 0 Å². The Bertz CT molecular complexity index is 408. The molecule has 1 aromatic rings. The van der Waals surface area contributed by atoms with Crippen LogP contribution in [0.4, 0.5) is 0 Å². The number of thioether (sulfide) groups is 1. The average molecular weight is 236 g/mol. The smallest absolute Gasteiger partial charge is 0.157 e. The molecule has 1 N–H and O–H groups in total. The summed E-state index contributed by atoms with van der Waals surface area (Å²) in [5.41, 5.74) is 0. The van der Waals surface area contributed by atoms with Crippen LogP contribution in [-0.4, -0.2) is 26.5 Å². The predicted octanol–water partition coefficient (Wildman–Crippen LogP) is 1.39. The van der Waals surface area contributed by atoms with E-state index in [1.807, 2.05) is 35.8 Å². The summed E-state index contributed by atoms with van der Waals surface area (Å²) in [6.07, 6.45) is 6.60. The number of imidazole rings is 1. The minimum absolute atomic E-state index is 0.740. The van der Waals surface area contributed by atoms with Gasteiger partial charge in [-0.3, -0.25) is 4.99 Å². The van der Waals surface area contributed by atoms with Crippen molar-refractivity contribution in [1.29, 1.82) is 0 Å². The van der Waals surface area contributed by atoms with Crippen molar-refractivity contribution in [2.45, 2.75) is 24.6 Å². The van der Waals surface area contributed by atoms with E-state index in [4.69, 9.17) is 0 Å². The molecular formula is C11H16N4S. The van der Waals surface area contributed by atoms with E-state index in [0.29, 0.717) is 0 Å². The number of hydrogen-bond donors (Lipinski definition) is 1. The molecule has 1 saturated carbocycles. The number of amidine groups is 1. The van der Waals surface area contributed by atoms with Gasteiger partial charge in [0.1, 0.15) is 5.82 Å². The molecule has 1 aliphatic carbocycles. The first-order valence-corrected chi connectivity index (χ1v) is 6.62. The summed E-state index contributed by atoms with van der Waals surface area (Å²) in [5.74, 6) is 1.99. The Labute approximate surface area is 99.5 Å². The number of rotatable bonds is 3. The molecule has 4 nitrogen and oxygen atoms in total. The lowest BCUT2D eigenvalue weighted by Gasteiger charge is -2.07. The van der Waals surface area contributed by atoms with Crippen molar-refractivity contribution < 1.29 is 0 Å². The molecule has 0 bridgehead atoms. The Morgan fingerprint density at radius 2 is 2.44 bits per heavy atom. The van der Waals surface area contributed by atoms with Crippen LogP contribution in [0.25, 0.3) is 0 Å². The fourth-order valence-corrected chi connectivity index (χ4v) is 3.13. The zero-order chi connectivity index (χ0) is 11.0. The fourth-order valence-electron chi connectivity index (χ4n) is 1.92. The van der Waals surface area contributed by atoms with Gasteiger partial charge in [-0.15, -0.1) is 0 Å². The molecule has 16 heavy (non-hydrogen) atoms. The molecule has 0 radical (unpaired) electrons. The minimum Gasteiger partial charge on any atom is -0.358 e. The normalized spacial score (nSPS) is 24.6.